The Bertz CT molecular complexity index is 1430. The van der Waals surface area contributed by atoms with Crippen LogP contribution in [0.1, 0.15) is 13.8 Å². The second-order valence-electron chi connectivity index (χ2n) is 6.62. The summed E-state index contributed by atoms with van der Waals surface area (Å²) in [4.78, 5) is 18.7. The van der Waals surface area contributed by atoms with E-state index in [1.807, 2.05) is 6.92 Å². The van der Waals surface area contributed by atoms with Crippen molar-refractivity contribution in [1.29, 1.82) is 0 Å². The summed E-state index contributed by atoms with van der Waals surface area (Å²) in [6.07, 6.45) is 2.65. The monoisotopic (exact) mass is 455 g/mol. The van der Waals surface area contributed by atoms with E-state index in [9.17, 15) is 13.2 Å². The van der Waals surface area contributed by atoms with E-state index in [2.05, 4.69) is 19.8 Å². The number of hydrogen-bond acceptors (Lipinski definition) is 7. The molecular weight excluding hydrogens is 434 g/mol. The van der Waals surface area contributed by atoms with Crippen molar-refractivity contribution in [2.24, 2.45) is 0 Å². The van der Waals surface area contributed by atoms with Crippen molar-refractivity contribution in [1.82, 2.24) is 19.7 Å². The standard InChI is InChI=1S/C21H21N5O5S/c1-3-30-18-10-9-14(11-19(18)31-4-2)32(28,29)25-16-7-5-6-8-17(16)26-20-15(12-24-26)21(27)23-13-22-20/h5-13,25H,3-4H2,1-2H3,(H,22,23,27). The molecule has 0 saturated carbocycles. The number of H-pyrrole nitrogens is 1. The topological polar surface area (TPSA) is 128 Å². The van der Waals surface area contributed by atoms with Crippen LogP contribution in [0.3, 0.4) is 0 Å². The zero-order chi connectivity index (χ0) is 22.7. The van der Waals surface area contributed by atoms with E-state index in [-0.39, 0.29) is 21.5 Å². The van der Waals surface area contributed by atoms with Crippen molar-refractivity contribution in [2.45, 2.75) is 18.7 Å². The van der Waals surface area contributed by atoms with Gasteiger partial charge < -0.3 is 14.5 Å². The number of hydrogen-bond donors (Lipinski definition) is 2. The molecule has 2 aromatic heterocycles. The SMILES string of the molecule is CCOc1ccc(S(=O)(=O)Nc2ccccc2-n2ncc3c(=O)[nH]cnc32)cc1OCC. The number of fused-ring (bicyclic) bond motifs is 1. The number of ether oxygens (including phenoxy) is 2. The highest BCUT2D eigenvalue weighted by atomic mass is 32.2. The molecule has 0 fully saturated rings. The molecule has 10 nitrogen and oxygen atoms in total. The predicted octanol–water partition coefficient (Wildman–Crippen LogP) is 2.71. The number of anilines is 1. The smallest absolute Gasteiger partial charge is 0.262 e. The summed E-state index contributed by atoms with van der Waals surface area (Å²) in [7, 11) is -3.98. The zero-order valence-corrected chi connectivity index (χ0v) is 18.2. The van der Waals surface area contributed by atoms with Crippen molar-refractivity contribution >= 4 is 26.7 Å². The number of aromatic amines is 1. The fraction of sp³-hybridized carbons (Fsp3) is 0.190. The van der Waals surface area contributed by atoms with Gasteiger partial charge in [-0.25, -0.2) is 18.1 Å². The average Bonchev–Trinajstić information content (AvgIpc) is 3.21. The fourth-order valence-electron chi connectivity index (χ4n) is 3.18. The van der Waals surface area contributed by atoms with Crippen molar-refractivity contribution in [3.63, 3.8) is 0 Å². The third-order valence-corrected chi connectivity index (χ3v) is 5.94. The predicted molar refractivity (Wildman–Crippen MR) is 119 cm³/mol. The van der Waals surface area contributed by atoms with Gasteiger partial charge in [0.2, 0.25) is 0 Å². The van der Waals surface area contributed by atoms with Gasteiger partial charge in [-0.15, -0.1) is 0 Å². The molecule has 4 rings (SSSR count). The molecule has 0 radical (unpaired) electrons. The quantitative estimate of drug-likeness (QED) is 0.418. The second-order valence-corrected chi connectivity index (χ2v) is 8.30. The number of benzene rings is 2. The molecule has 0 aliphatic rings. The largest absolute Gasteiger partial charge is 0.490 e. The molecule has 0 unspecified atom stereocenters. The van der Waals surface area contributed by atoms with Gasteiger partial charge in [-0.1, -0.05) is 12.1 Å². The van der Waals surface area contributed by atoms with Crippen LogP contribution in [-0.4, -0.2) is 41.4 Å². The Labute approximate surface area is 183 Å². The minimum Gasteiger partial charge on any atom is -0.490 e. The van der Waals surface area contributed by atoms with E-state index in [1.165, 1.54) is 29.3 Å². The summed E-state index contributed by atoms with van der Waals surface area (Å²) in [6, 6.07) is 11.1. The van der Waals surface area contributed by atoms with E-state index in [4.69, 9.17) is 9.47 Å². The minimum atomic E-state index is -3.98. The first kappa shape index (κ1) is 21.4. The van der Waals surface area contributed by atoms with Crippen LogP contribution in [0, 0.1) is 0 Å². The molecule has 32 heavy (non-hydrogen) atoms. The lowest BCUT2D eigenvalue weighted by atomic mass is 10.3. The fourth-order valence-corrected chi connectivity index (χ4v) is 4.27. The second kappa shape index (κ2) is 8.71. The highest BCUT2D eigenvalue weighted by molar-refractivity contribution is 7.92. The van der Waals surface area contributed by atoms with Gasteiger partial charge >= 0.3 is 0 Å². The molecule has 0 bridgehead atoms. The Kier molecular flexibility index (Phi) is 5.82. The van der Waals surface area contributed by atoms with Crippen LogP contribution in [0.5, 0.6) is 11.5 Å². The van der Waals surface area contributed by atoms with Gasteiger partial charge in [-0.3, -0.25) is 9.52 Å². The Morgan fingerprint density at radius 3 is 2.59 bits per heavy atom. The number of aromatic nitrogens is 4. The van der Waals surface area contributed by atoms with Crippen LogP contribution in [0.15, 0.2) is 64.7 Å². The number of rotatable bonds is 8. The van der Waals surface area contributed by atoms with Gasteiger partial charge in [0, 0.05) is 6.07 Å². The summed E-state index contributed by atoms with van der Waals surface area (Å²) < 4.78 is 41.4. The zero-order valence-electron chi connectivity index (χ0n) is 17.4. The maximum absolute atomic E-state index is 13.2. The Hall–Kier alpha value is -3.86. The van der Waals surface area contributed by atoms with Crippen LogP contribution < -0.4 is 19.8 Å². The molecule has 0 aliphatic heterocycles. The number of nitrogens with one attached hydrogen (secondary N) is 2. The van der Waals surface area contributed by atoms with Crippen LogP contribution >= 0.6 is 0 Å². The van der Waals surface area contributed by atoms with Crippen molar-refractivity contribution in [3.8, 4) is 17.2 Å². The first-order chi connectivity index (χ1) is 15.4. The van der Waals surface area contributed by atoms with Crippen molar-refractivity contribution < 1.29 is 17.9 Å². The molecule has 0 spiro atoms. The summed E-state index contributed by atoms with van der Waals surface area (Å²) in [5.41, 5.74) is 0.656. The van der Waals surface area contributed by atoms with Gasteiger partial charge in [0.15, 0.2) is 17.1 Å². The molecule has 2 heterocycles. The summed E-state index contributed by atoms with van der Waals surface area (Å²) in [6.45, 7) is 4.42. The van der Waals surface area contributed by atoms with Crippen LogP contribution in [-0.2, 0) is 10.0 Å². The van der Waals surface area contributed by atoms with Gasteiger partial charge in [-0.2, -0.15) is 5.10 Å². The van der Waals surface area contributed by atoms with E-state index >= 15 is 0 Å². The number of para-hydroxylation sites is 2. The van der Waals surface area contributed by atoms with E-state index in [1.54, 1.807) is 37.3 Å². The van der Waals surface area contributed by atoms with Gasteiger partial charge in [0.05, 0.1) is 42.0 Å². The molecule has 166 valence electrons. The van der Waals surface area contributed by atoms with E-state index < -0.39 is 10.0 Å². The van der Waals surface area contributed by atoms with Crippen molar-refractivity contribution in [2.75, 3.05) is 17.9 Å². The Morgan fingerprint density at radius 2 is 1.81 bits per heavy atom. The minimum absolute atomic E-state index is 0.0131. The van der Waals surface area contributed by atoms with Crippen LogP contribution in [0.4, 0.5) is 5.69 Å². The van der Waals surface area contributed by atoms with Crippen molar-refractivity contribution in [3.05, 3.63) is 65.3 Å². The number of nitrogens with zero attached hydrogens (tertiary/aromatic N) is 3. The molecule has 2 N–H and O–H groups in total. The van der Waals surface area contributed by atoms with Gasteiger partial charge in [0.25, 0.3) is 15.6 Å². The third-order valence-electron chi connectivity index (χ3n) is 4.57. The van der Waals surface area contributed by atoms with E-state index in [0.717, 1.165) is 0 Å². The molecule has 2 aromatic carbocycles. The average molecular weight is 455 g/mol. The first-order valence-corrected chi connectivity index (χ1v) is 11.4. The summed E-state index contributed by atoms with van der Waals surface area (Å²) in [5.74, 6) is 0.806. The van der Waals surface area contributed by atoms with Crippen LogP contribution in [0.25, 0.3) is 16.7 Å². The van der Waals surface area contributed by atoms with Crippen LogP contribution in [0.2, 0.25) is 0 Å². The highest BCUT2D eigenvalue weighted by Gasteiger charge is 2.20. The Balaban J connectivity index is 1.74. The lowest BCUT2D eigenvalue weighted by molar-refractivity contribution is 0.287. The lowest BCUT2D eigenvalue weighted by Gasteiger charge is -2.15. The summed E-state index contributed by atoms with van der Waals surface area (Å²) >= 11 is 0. The molecule has 0 saturated heterocycles. The lowest BCUT2D eigenvalue weighted by Crippen LogP contribution is -2.15. The number of sulfonamides is 1. The first-order valence-electron chi connectivity index (χ1n) is 9.88. The highest BCUT2D eigenvalue weighted by Crippen LogP contribution is 2.32. The summed E-state index contributed by atoms with van der Waals surface area (Å²) in [5, 5.41) is 4.51. The molecule has 4 aromatic rings. The maximum Gasteiger partial charge on any atom is 0.262 e. The molecular formula is C21H21N5O5S. The molecule has 0 atom stereocenters. The third kappa shape index (κ3) is 4.02. The maximum atomic E-state index is 13.2. The van der Waals surface area contributed by atoms with Gasteiger partial charge in [0.1, 0.15) is 5.39 Å². The Morgan fingerprint density at radius 1 is 1.06 bits per heavy atom. The van der Waals surface area contributed by atoms with E-state index in [0.29, 0.717) is 36.0 Å². The normalized spacial score (nSPS) is 11.4. The molecule has 0 amide bonds. The molecule has 0 aliphatic carbocycles. The molecule has 11 heteroatoms. The van der Waals surface area contributed by atoms with Gasteiger partial charge in [-0.05, 0) is 38.1 Å².